The highest BCUT2D eigenvalue weighted by Gasteiger charge is 2.43. The van der Waals surface area contributed by atoms with Gasteiger partial charge in [-0.2, -0.15) is 4.99 Å². The third-order valence-corrected chi connectivity index (χ3v) is 4.55. The van der Waals surface area contributed by atoms with Gasteiger partial charge in [-0.25, -0.2) is 4.99 Å². The van der Waals surface area contributed by atoms with Crippen molar-refractivity contribution >= 4 is 35.1 Å². The highest BCUT2D eigenvalue weighted by molar-refractivity contribution is 6.31. The monoisotopic (exact) mass is 334 g/mol. The molecule has 8 heteroatoms. The first kappa shape index (κ1) is 15.6. The van der Waals surface area contributed by atoms with Gasteiger partial charge in [0, 0.05) is 5.02 Å². The lowest BCUT2D eigenvalue weighted by molar-refractivity contribution is 0.100. The van der Waals surface area contributed by atoms with Gasteiger partial charge in [-0.15, -0.1) is 0 Å². The summed E-state index contributed by atoms with van der Waals surface area (Å²) in [5.41, 5.74) is 17.7. The molecular weight excluding hydrogens is 316 g/mol. The van der Waals surface area contributed by atoms with Crippen LogP contribution in [0.2, 0.25) is 5.02 Å². The number of primary amides is 1. The second-order valence-electron chi connectivity index (χ2n) is 5.84. The van der Waals surface area contributed by atoms with Crippen LogP contribution in [0.1, 0.15) is 42.5 Å². The number of hydrogen-bond donors (Lipinski definition) is 3. The van der Waals surface area contributed by atoms with E-state index in [-0.39, 0.29) is 17.5 Å². The maximum Gasteiger partial charge on any atom is 0.250 e. The number of aliphatic imine (C=N–C) groups is 2. The van der Waals surface area contributed by atoms with Gasteiger partial charge < -0.3 is 17.2 Å². The van der Waals surface area contributed by atoms with Gasteiger partial charge in [0.05, 0.1) is 11.3 Å². The molecule has 2 aliphatic rings. The van der Waals surface area contributed by atoms with E-state index in [1.165, 1.54) is 6.07 Å². The van der Waals surface area contributed by atoms with E-state index in [0.29, 0.717) is 10.7 Å². The summed E-state index contributed by atoms with van der Waals surface area (Å²) < 4.78 is 0. The topological polar surface area (TPSA) is 123 Å². The molecule has 1 amide bonds. The molecule has 0 saturated heterocycles. The first-order chi connectivity index (χ1) is 10.9. The van der Waals surface area contributed by atoms with Crippen molar-refractivity contribution in [2.75, 3.05) is 4.90 Å². The van der Waals surface area contributed by atoms with Crippen LogP contribution >= 0.6 is 11.6 Å². The minimum Gasteiger partial charge on any atom is -0.369 e. The van der Waals surface area contributed by atoms with Crippen LogP contribution in [0.25, 0.3) is 0 Å². The molecule has 1 aromatic rings. The molecule has 1 aromatic carbocycles. The van der Waals surface area contributed by atoms with Crippen LogP contribution in [-0.2, 0) is 0 Å². The third-order valence-electron chi connectivity index (χ3n) is 4.32. The summed E-state index contributed by atoms with van der Waals surface area (Å²) in [6, 6.07) is 4.94. The number of nitrogens with zero attached hydrogens (tertiary/aromatic N) is 3. The Morgan fingerprint density at radius 1 is 1.22 bits per heavy atom. The smallest absolute Gasteiger partial charge is 0.250 e. The van der Waals surface area contributed by atoms with Crippen LogP contribution < -0.4 is 22.1 Å². The van der Waals surface area contributed by atoms with Gasteiger partial charge in [0.25, 0.3) is 5.91 Å². The lowest BCUT2D eigenvalue weighted by Gasteiger charge is -2.46. The number of halogens is 1. The van der Waals surface area contributed by atoms with Crippen molar-refractivity contribution in [2.45, 2.75) is 37.8 Å². The van der Waals surface area contributed by atoms with Gasteiger partial charge in [-0.05, 0) is 43.9 Å². The number of rotatable bonds is 2. The van der Waals surface area contributed by atoms with E-state index in [1.807, 2.05) is 0 Å². The molecule has 6 N–H and O–H groups in total. The summed E-state index contributed by atoms with van der Waals surface area (Å²) in [4.78, 5) is 22.3. The molecule has 7 nitrogen and oxygen atoms in total. The average Bonchev–Trinajstić information content (AvgIpc) is 2.48. The van der Waals surface area contributed by atoms with Crippen LogP contribution in [0.5, 0.6) is 0 Å². The average molecular weight is 335 g/mol. The molecule has 0 radical (unpaired) electrons. The second-order valence-corrected chi connectivity index (χ2v) is 6.28. The highest BCUT2D eigenvalue weighted by Crippen LogP contribution is 2.40. The summed E-state index contributed by atoms with van der Waals surface area (Å²) in [7, 11) is 0. The highest BCUT2D eigenvalue weighted by atomic mass is 35.5. The Bertz CT molecular complexity index is 708. The van der Waals surface area contributed by atoms with E-state index in [9.17, 15) is 4.79 Å². The summed E-state index contributed by atoms with van der Waals surface area (Å²) in [5, 5.41) is 0.427. The van der Waals surface area contributed by atoms with Crippen molar-refractivity contribution in [3.63, 3.8) is 0 Å². The molecule has 1 aliphatic heterocycles. The Morgan fingerprint density at radius 3 is 2.57 bits per heavy atom. The van der Waals surface area contributed by atoms with Crippen molar-refractivity contribution in [1.29, 1.82) is 0 Å². The Morgan fingerprint density at radius 2 is 1.91 bits per heavy atom. The Kier molecular flexibility index (Phi) is 3.89. The summed E-state index contributed by atoms with van der Waals surface area (Å²) in [6.07, 6.45) is 4.70. The lowest BCUT2D eigenvalue weighted by atomic mass is 9.87. The van der Waals surface area contributed by atoms with Crippen LogP contribution in [0.15, 0.2) is 28.2 Å². The number of benzene rings is 1. The van der Waals surface area contributed by atoms with Gasteiger partial charge >= 0.3 is 0 Å². The molecule has 1 saturated carbocycles. The van der Waals surface area contributed by atoms with Crippen molar-refractivity contribution in [1.82, 2.24) is 0 Å². The number of carbonyl (C=O) groups is 1. The van der Waals surface area contributed by atoms with Crippen LogP contribution in [-0.4, -0.2) is 23.5 Å². The van der Waals surface area contributed by atoms with E-state index in [4.69, 9.17) is 28.8 Å². The number of nitrogens with two attached hydrogens (primary N) is 3. The predicted octanol–water partition coefficient (Wildman–Crippen LogP) is 1.55. The summed E-state index contributed by atoms with van der Waals surface area (Å²) in [6.45, 7) is 0. The SMILES string of the molecule is NC(=O)c1cc(Cl)ccc1N1C(N)=NC(N)=NC12CCCCC2. The van der Waals surface area contributed by atoms with Gasteiger partial charge in [0.2, 0.25) is 11.9 Å². The fourth-order valence-electron chi connectivity index (χ4n) is 3.37. The quantitative estimate of drug-likeness (QED) is 0.759. The van der Waals surface area contributed by atoms with Gasteiger partial charge in [-0.1, -0.05) is 18.0 Å². The molecular formula is C15H19ClN6O. The molecule has 0 bridgehead atoms. The zero-order valence-electron chi connectivity index (χ0n) is 12.6. The fourth-order valence-corrected chi connectivity index (χ4v) is 3.54. The van der Waals surface area contributed by atoms with E-state index in [1.54, 1.807) is 17.0 Å². The largest absolute Gasteiger partial charge is 0.369 e. The lowest BCUT2D eigenvalue weighted by Crippen LogP contribution is -2.58. The van der Waals surface area contributed by atoms with E-state index in [2.05, 4.69) is 9.98 Å². The summed E-state index contributed by atoms with van der Waals surface area (Å²) >= 11 is 6.00. The molecule has 0 unspecified atom stereocenters. The minimum atomic E-state index is -0.619. The maximum atomic E-state index is 11.9. The molecule has 1 aliphatic carbocycles. The molecule has 3 rings (SSSR count). The van der Waals surface area contributed by atoms with Gasteiger partial charge in [-0.3, -0.25) is 9.69 Å². The van der Waals surface area contributed by atoms with Gasteiger partial charge in [0.1, 0.15) is 5.66 Å². The van der Waals surface area contributed by atoms with Crippen LogP contribution in [0, 0.1) is 0 Å². The molecule has 23 heavy (non-hydrogen) atoms. The van der Waals surface area contributed by atoms with Gasteiger partial charge in [0.15, 0.2) is 0 Å². The number of hydrogen-bond acceptors (Lipinski definition) is 6. The van der Waals surface area contributed by atoms with E-state index < -0.39 is 11.6 Å². The second kappa shape index (κ2) is 5.73. The van der Waals surface area contributed by atoms with E-state index >= 15 is 0 Å². The maximum absolute atomic E-state index is 11.9. The molecule has 1 fully saturated rings. The Labute approximate surface area is 139 Å². The van der Waals surface area contributed by atoms with Crippen molar-refractivity contribution < 1.29 is 4.79 Å². The molecule has 0 aromatic heterocycles. The third kappa shape index (κ3) is 2.72. The minimum absolute atomic E-state index is 0.162. The van der Waals surface area contributed by atoms with Crippen LogP contribution in [0.4, 0.5) is 5.69 Å². The predicted molar refractivity (Wildman–Crippen MR) is 91.5 cm³/mol. The van der Waals surface area contributed by atoms with Crippen molar-refractivity contribution in [2.24, 2.45) is 27.2 Å². The number of carbonyl (C=O) groups excluding carboxylic acids is 1. The van der Waals surface area contributed by atoms with Crippen LogP contribution in [0.3, 0.4) is 0 Å². The van der Waals surface area contributed by atoms with Crippen molar-refractivity contribution in [3.05, 3.63) is 28.8 Å². The zero-order valence-corrected chi connectivity index (χ0v) is 13.4. The van der Waals surface area contributed by atoms with E-state index in [0.717, 1.165) is 32.1 Å². The first-order valence-electron chi connectivity index (χ1n) is 7.52. The molecule has 1 spiro atoms. The molecule has 1 heterocycles. The normalized spacial score (nSPS) is 20.1. The standard InChI is InChI=1S/C15H19ClN6O/c16-9-4-5-11(10(8-9)12(17)23)22-14(19)20-13(18)21-15(22)6-2-1-3-7-15/h4-5,8H,1-3,6-7H2,(H2,17,23)(H4,18,19,20,21). The Balaban J connectivity index is 2.16. The summed E-state index contributed by atoms with van der Waals surface area (Å²) in [5.74, 6) is -0.205. The number of amides is 1. The Hall–Kier alpha value is -2.28. The number of guanidine groups is 2. The molecule has 122 valence electrons. The number of anilines is 1. The molecule has 0 atom stereocenters. The zero-order chi connectivity index (χ0) is 16.6. The first-order valence-corrected chi connectivity index (χ1v) is 7.90. The fraction of sp³-hybridized carbons (Fsp3) is 0.400. The van der Waals surface area contributed by atoms with Crippen molar-refractivity contribution in [3.8, 4) is 0 Å².